The van der Waals surface area contributed by atoms with E-state index in [1.807, 2.05) is 6.92 Å². The zero-order chi connectivity index (χ0) is 13.6. The van der Waals surface area contributed by atoms with Crippen molar-refractivity contribution < 1.29 is 17.9 Å². The molecule has 0 aliphatic carbocycles. The highest BCUT2D eigenvalue weighted by molar-refractivity contribution is 5.38. The Hall–Kier alpha value is -1.53. The van der Waals surface area contributed by atoms with Gasteiger partial charge >= 0.3 is 6.18 Å². The molecule has 0 fully saturated rings. The molecule has 0 saturated carbocycles. The standard InChI is InChI=1S/C11H16F3N3O/c1-3-15-9-7-10(17-8(2)16-9)18-6-4-5-11(12,13)14/h7H,3-6H2,1-2H3,(H,15,16,17). The highest BCUT2D eigenvalue weighted by Gasteiger charge is 2.26. The second kappa shape index (κ2) is 6.42. The molecule has 0 aliphatic rings. The molecular formula is C11H16F3N3O. The third-order valence-electron chi connectivity index (χ3n) is 2.03. The molecule has 0 radical (unpaired) electrons. The largest absolute Gasteiger partial charge is 0.478 e. The molecule has 0 aliphatic heterocycles. The molecule has 102 valence electrons. The van der Waals surface area contributed by atoms with E-state index in [0.717, 1.165) is 0 Å². The van der Waals surface area contributed by atoms with Crippen LogP contribution in [-0.2, 0) is 0 Å². The van der Waals surface area contributed by atoms with Crippen molar-refractivity contribution in [2.75, 3.05) is 18.5 Å². The number of alkyl halides is 3. The minimum absolute atomic E-state index is 0.0124. The molecule has 1 aromatic rings. The van der Waals surface area contributed by atoms with Gasteiger partial charge in [0.15, 0.2) is 0 Å². The lowest BCUT2D eigenvalue weighted by Gasteiger charge is -2.09. The number of hydrogen-bond donors (Lipinski definition) is 1. The van der Waals surface area contributed by atoms with Gasteiger partial charge in [-0.25, -0.2) is 4.98 Å². The van der Waals surface area contributed by atoms with Crippen molar-refractivity contribution in [3.8, 4) is 5.88 Å². The first-order valence-electron chi connectivity index (χ1n) is 5.70. The SMILES string of the molecule is CCNc1cc(OCCCC(F)(F)F)nc(C)n1. The second-order valence-electron chi connectivity index (χ2n) is 3.74. The van der Waals surface area contributed by atoms with Gasteiger partial charge in [0.2, 0.25) is 5.88 Å². The van der Waals surface area contributed by atoms with E-state index in [-0.39, 0.29) is 13.0 Å². The van der Waals surface area contributed by atoms with Crippen molar-refractivity contribution in [2.24, 2.45) is 0 Å². The van der Waals surface area contributed by atoms with E-state index in [1.165, 1.54) is 0 Å². The number of nitrogens with one attached hydrogen (secondary N) is 1. The Morgan fingerprint density at radius 2 is 2.06 bits per heavy atom. The van der Waals surface area contributed by atoms with Gasteiger partial charge in [-0.15, -0.1) is 0 Å². The van der Waals surface area contributed by atoms with E-state index in [4.69, 9.17) is 4.74 Å². The van der Waals surface area contributed by atoms with Crippen molar-refractivity contribution in [1.82, 2.24) is 9.97 Å². The Kier molecular flexibility index (Phi) is 5.18. The monoisotopic (exact) mass is 263 g/mol. The molecule has 1 aromatic heterocycles. The molecule has 1 N–H and O–H groups in total. The predicted molar refractivity (Wildman–Crippen MR) is 61.7 cm³/mol. The van der Waals surface area contributed by atoms with Gasteiger partial charge in [-0.3, -0.25) is 0 Å². The van der Waals surface area contributed by atoms with Crippen LogP contribution in [0.5, 0.6) is 5.88 Å². The van der Waals surface area contributed by atoms with Crippen molar-refractivity contribution in [1.29, 1.82) is 0 Å². The fraction of sp³-hybridized carbons (Fsp3) is 0.636. The van der Waals surface area contributed by atoms with Crippen LogP contribution in [0.25, 0.3) is 0 Å². The average Bonchev–Trinajstić information content (AvgIpc) is 2.23. The fourth-order valence-corrected chi connectivity index (χ4v) is 1.34. The summed E-state index contributed by atoms with van der Waals surface area (Å²) in [7, 11) is 0. The Balaban J connectivity index is 2.46. The lowest BCUT2D eigenvalue weighted by molar-refractivity contribution is -0.136. The molecule has 18 heavy (non-hydrogen) atoms. The summed E-state index contributed by atoms with van der Waals surface area (Å²) in [5.41, 5.74) is 0. The third-order valence-corrected chi connectivity index (χ3v) is 2.03. The van der Waals surface area contributed by atoms with Crippen LogP contribution in [0.15, 0.2) is 6.07 Å². The van der Waals surface area contributed by atoms with E-state index in [0.29, 0.717) is 24.1 Å². The maximum Gasteiger partial charge on any atom is 0.389 e. The van der Waals surface area contributed by atoms with E-state index in [2.05, 4.69) is 15.3 Å². The normalized spacial score (nSPS) is 11.4. The number of halogens is 3. The molecule has 4 nitrogen and oxygen atoms in total. The minimum atomic E-state index is -4.14. The zero-order valence-corrected chi connectivity index (χ0v) is 10.3. The lowest BCUT2D eigenvalue weighted by atomic mass is 10.3. The quantitative estimate of drug-likeness (QED) is 0.802. The second-order valence-corrected chi connectivity index (χ2v) is 3.74. The zero-order valence-electron chi connectivity index (χ0n) is 10.3. The smallest absolute Gasteiger partial charge is 0.389 e. The van der Waals surface area contributed by atoms with Crippen molar-refractivity contribution >= 4 is 5.82 Å². The van der Waals surface area contributed by atoms with Gasteiger partial charge in [0.25, 0.3) is 0 Å². The number of nitrogens with zero attached hydrogens (tertiary/aromatic N) is 2. The number of aromatic nitrogens is 2. The third kappa shape index (κ3) is 5.70. The van der Waals surface area contributed by atoms with Crippen LogP contribution in [0.4, 0.5) is 19.0 Å². The van der Waals surface area contributed by atoms with Crippen molar-refractivity contribution in [3.63, 3.8) is 0 Å². The predicted octanol–water partition coefficient (Wildman–Crippen LogP) is 2.94. The number of hydrogen-bond acceptors (Lipinski definition) is 4. The first kappa shape index (κ1) is 14.5. The van der Waals surface area contributed by atoms with Gasteiger partial charge in [0.1, 0.15) is 11.6 Å². The number of anilines is 1. The number of aryl methyl sites for hydroxylation is 1. The molecule has 0 saturated heterocycles. The Labute approximate surface area is 104 Å². The van der Waals surface area contributed by atoms with Gasteiger partial charge in [0.05, 0.1) is 6.61 Å². The van der Waals surface area contributed by atoms with Crippen LogP contribution in [0, 0.1) is 6.92 Å². The maximum atomic E-state index is 11.9. The average molecular weight is 263 g/mol. The highest BCUT2D eigenvalue weighted by Crippen LogP contribution is 2.21. The van der Waals surface area contributed by atoms with Crippen LogP contribution in [0.1, 0.15) is 25.6 Å². The van der Waals surface area contributed by atoms with E-state index >= 15 is 0 Å². The Bertz CT molecular complexity index is 382. The van der Waals surface area contributed by atoms with Gasteiger partial charge in [-0.05, 0) is 20.3 Å². The summed E-state index contributed by atoms with van der Waals surface area (Å²) in [6, 6.07) is 1.57. The molecule has 1 heterocycles. The summed E-state index contributed by atoms with van der Waals surface area (Å²) >= 11 is 0. The number of rotatable bonds is 6. The van der Waals surface area contributed by atoms with Gasteiger partial charge in [0, 0.05) is 19.0 Å². The van der Waals surface area contributed by atoms with Crippen LogP contribution in [-0.4, -0.2) is 29.3 Å². The molecule has 0 atom stereocenters. The molecule has 0 spiro atoms. The summed E-state index contributed by atoms with van der Waals surface area (Å²) in [4.78, 5) is 8.10. The Morgan fingerprint density at radius 3 is 2.67 bits per heavy atom. The molecule has 0 bridgehead atoms. The summed E-state index contributed by atoms with van der Waals surface area (Å²) in [5, 5.41) is 2.99. The van der Waals surface area contributed by atoms with Crippen LogP contribution < -0.4 is 10.1 Å². The van der Waals surface area contributed by atoms with Crippen LogP contribution >= 0.6 is 0 Å². The maximum absolute atomic E-state index is 11.9. The van der Waals surface area contributed by atoms with Crippen LogP contribution in [0.3, 0.4) is 0 Å². The molecule has 0 unspecified atom stereocenters. The molecule has 0 amide bonds. The first-order valence-corrected chi connectivity index (χ1v) is 5.70. The van der Waals surface area contributed by atoms with Crippen molar-refractivity contribution in [2.45, 2.75) is 32.9 Å². The summed E-state index contributed by atoms with van der Waals surface area (Å²) < 4.78 is 40.9. The summed E-state index contributed by atoms with van der Waals surface area (Å²) in [5.74, 6) is 1.41. The van der Waals surface area contributed by atoms with Crippen LogP contribution in [0.2, 0.25) is 0 Å². The Morgan fingerprint density at radius 1 is 1.33 bits per heavy atom. The van der Waals surface area contributed by atoms with E-state index < -0.39 is 12.6 Å². The van der Waals surface area contributed by atoms with Crippen molar-refractivity contribution in [3.05, 3.63) is 11.9 Å². The summed E-state index contributed by atoms with van der Waals surface area (Å²) in [6.45, 7) is 4.30. The summed E-state index contributed by atoms with van der Waals surface area (Å²) in [6.07, 6.45) is -5.07. The first-order chi connectivity index (χ1) is 8.40. The molecule has 7 heteroatoms. The van der Waals surface area contributed by atoms with Gasteiger partial charge < -0.3 is 10.1 Å². The van der Waals surface area contributed by atoms with Gasteiger partial charge in [-0.2, -0.15) is 18.2 Å². The van der Waals surface area contributed by atoms with Gasteiger partial charge in [-0.1, -0.05) is 0 Å². The number of ether oxygens (including phenoxy) is 1. The van der Waals surface area contributed by atoms with E-state index in [9.17, 15) is 13.2 Å². The highest BCUT2D eigenvalue weighted by atomic mass is 19.4. The topological polar surface area (TPSA) is 47.0 Å². The molecule has 1 rings (SSSR count). The van der Waals surface area contributed by atoms with E-state index in [1.54, 1.807) is 13.0 Å². The minimum Gasteiger partial charge on any atom is -0.478 e. The molecule has 0 aromatic carbocycles. The molecular weight excluding hydrogens is 247 g/mol. The fourth-order valence-electron chi connectivity index (χ4n) is 1.34. The lowest BCUT2D eigenvalue weighted by Crippen LogP contribution is -2.10.